The van der Waals surface area contributed by atoms with Gasteiger partial charge in [-0.25, -0.2) is 0 Å². The van der Waals surface area contributed by atoms with Gasteiger partial charge in [0.05, 0.1) is 0 Å². The first-order valence-electron chi connectivity index (χ1n) is 13.7. The molecule has 4 aliphatic rings. The lowest BCUT2D eigenvalue weighted by Gasteiger charge is -2.58. The van der Waals surface area contributed by atoms with Crippen LogP contribution in [0.2, 0.25) is 0 Å². The molecule has 0 aromatic rings. The van der Waals surface area contributed by atoms with Crippen molar-refractivity contribution in [2.24, 2.45) is 46.3 Å². The summed E-state index contributed by atoms with van der Waals surface area (Å²) in [6.07, 6.45) is 17.2. The first-order chi connectivity index (χ1) is 15.6. The Hall–Kier alpha value is 0.670. The lowest BCUT2D eigenvalue weighted by molar-refractivity contribution is -0.148. The fourth-order valence-electron chi connectivity index (χ4n) is 8.97. The zero-order valence-electron chi connectivity index (χ0n) is 21.5. The predicted molar refractivity (Wildman–Crippen MR) is 155 cm³/mol. The lowest BCUT2D eigenvalue weighted by Crippen LogP contribution is -2.51. The second kappa shape index (κ2) is 10.6. The van der Waals surface area contributed by atoms with Crippen molar-refractivity contribution in [3.63, 3.8) is 0 Å². The van der Waals surface area contributed by atoms with Crippen LogP contribution in [0.15, 0.2) is 11.6 Å². The molecule has 2 nitrogen and oxygen atoms in total. The van der Waals surface area contributed by atoms with Crippen molar-refractivity contribution in [3.8, 4) is 0 Å². The number of allylic oxidation sites excluding steroid dienone is 1. The van der Waals surface area contributed by atoms with Crippen LogP contribution in [0, 0.1) is 46.3 Å². The molecule has 0 N–H and O–H groups in total. The van der Waals surface area contributed by atoms with E-state index in [0.717, 1.165) is 48.3 Å². The van der Waals surface area contributed by atoms with E-state index in [-0.39, 0.29) is 14.0 Å². The number of alkyl halides is 2. The third-order valence-corrected chi connectivity index (χ3v) is 11.7. The molecule has 0 amide bonds. The summed E-state index contributed by atoms with van der Waals surface area (Å²) in [7, 11) is 0. The van der Waals surface area contributed by atoms with Crippen LogP contribution in [0.1, 0.15) is 105 Å². The van der Waals surface area contributed by atoms with Gasteiger partial charge in [0.15, 0.2) is 1.93 Å². The van der Waals surface area contributed by atoms with Gasteiger partial charge in [0.25, 0.3) is 0 Å². The number of ether oxygens (including phenoxy) is 1. The van der Waals surface area contributed by atoms with Crippen molar-refractivity contribution in [3.05, 3.63) is 11.6 Å². The fraction of sp³-hybridized carbons (Fsp3) is 0.897. The van der Waals surface area contributed by atoms with Gasteiger partial charge >= 0.3 is 5.97 Å². The molecule has 4 rings (SSSR count). The summed E-state index contributed by atoms with van der Waals surface area (Å²) >= 11 is 4.32. The number of carbonyl (C=O) groups is 1. The van der Waals surface area contributed by atoms with Gasteiger partial charge in [-0.15, -0.1) is 0 Å². The molecule has 0 aromatic carbocycles. The molecule has 0 aliphatic heterocycles. The van der Waals surface area contributed by atoms with E-state index >= 15 is 0 Å². The van der Waals surface area contributed by atoms with Crippen LogP contribution in [0.5, 0.6) is 0 Å². The third-order valence-electron chi connectivity index (χ3n) is 10.7. The number of carbonyl (C=O) groups excluding carboxylic acids is 1. The van der Waals surface area contributed by atoms with E-state index in [0.29, 0.717) is 10.8 Å². The highest BCUT2D eigenvalue weighted by molar-refractivity contribution is 14.2. The molecule has 0 aromatic heterocycles. The molecular weight excluding hydrogens is 634 g/mol. The van der Waals surface area contributed by atoms with Crippen LogP contribution in [0.25, 0.3) is 0 Å². The van der Waals surface area contributed by atoms with Gasteiger partial charge in [0.2, 0.25) is 0 Å². The predicted octanol–water partition coefficient (Wildman–Crippen LogP) is 9.14. The summed E-state index contributed by atoms with van der Waals surface area (Å²) in [5, 5.41) is 0. The quantitative estimate of drug-likeness (QED) is 0.116. The number of esters is 1. The van der Waals surface area contributed by atoms with Gasteiger partial charge in [-0.3, -0.25) is 4.79 Å². The van der Waals surface area contributed by atoms with Gasteiger partial charge < -0.3 is 4.74 Å². The Bertz CT molecular complexity index is 746. The monoisotopic (exact) mass is 680 g/mol. The minimum atomic E-state index is -0.0858. The normalized spacial score (nSPS) is 41.2. The Labute approximate surface area is 230 Å². The van der Waals surface area contributed by atoms with Crippen LogP contribution in [0.4, 0.5) is 0 Å². The van der Waals surface area contributed by atoms with Gasteiger partial charge in [0.1, 0.15) is 6.10 Å². The van der Waals surface area contributed by atoms with Crippen LogP contribution in [-0.4, -0.2) is 14.0 Å². The van der Waals surface area contributed by atoms with E-state index in [1.807, 2.05) is 0 Å². The highest BCUT2D eigenvalue weighted by Crippen LogP contribution is 2.67. The number of hydrogen-bond acceptors (Lipinski definition) is 2. The fourth-order valence-corrected chi connectivity index (χ4v) is 9.26. The summed E-state index contributed by atoms with van der Waals surface area (Å²) < 4.78 is 5.77. The van der Waals surface area contributed by atoms with Crippen molar-refractivity contribution in [1.82, 2.24) is 0 Å². The van der Waals surface area contributed by atoms with Crippen molar-refractivity contribution >= 4 is 51.2 Å². The van der Waals surface area contributed by atoms with Crippen molar-refractivity contribution in [2.45, 2.75) is 113 Å². The van der Waals surface area contributed by atoms with Crippen molar-refractivity contribution < 1.29 is 9.53 Å². The maximum Gasteiger partial charge on any atom is 0.329 e. The highest BCUT2D eigenvalue weighted by Gasteiger charge is 2.59. The number of hydrogen-bond donors (Lipinski definition) is 0. The zero-order valence-corrected chi connectivity index (χ0v) is 25.9. The van der Waals surface area contributed by atoms with E-state index in [1.54, 1.807) is 5.57 Å². The molecular formula is C29H46I2O2. The summed E-state index contributed by atoms with van der Waals surface area (Å²) in [6.45, 7) is 12.6. The summed E-state index contributed by atoms with van der Waals surface area (Å²) in [5.74, 6) is 5.22. The molecule has 33 heavy (non-hydrogen) atoms. The Morgan fingerprint density at radius 3 is 2.52 bits per heavy atom. The molecule has 8 atom stereocenters. The second-order valence-electron chi connectivity index (χ2n) is 12.9. The number of fused-ring (bicyclic) bond motifs is 5. The number of halogens is 2. The Kier molecular flexibility index (Phi) is 8.56. The molecule has 0 heterocycles. The van der Waals surface area contributed by atoms with Crippen LogP contribution in [0.3, 0.4) is 0 Å². The molecule has 4 aliphatic carbocycles. The number of rotatable bonds is 7. The molecule has 0 saturated heterocycles. The Morgan fingerprint density at radius 1 is 1.06 bits per heavy atom. The lowest BCUT2D eigenvalue weighted by atomic mass is 9.47. The first kappa shape index (κ1) is 26.7. The first-order valence-corrected chi connectivity index (χ1v) is 16.2. The smallest absolute Gasteiger partial charge is 0.329 e. The molecule has 3 fully saturated rings. The van der Waals surface area contributed by atoms with E-state index in [4.69, 9.17) is 4.74 Å². The van der Waals surface area contributed by atoms with E-state index in [2.05, 4.69) is 85.9 Å². The Morgan fingerprint density at radius 2 is 1.82 bits per heavy atom. The maximum atomic E-state index is 12.2. The molecule has 3 saturated carbocycles. The molecule has 0 unspecified atom stereocenters. The molecule has 188 valence electrons. The van der Waals surface area contributed by atoms with Crippen LogP contribution < -0.4 is 0 Å². The van der Waals surface area contributed by atoms with Gasteiger partial charge in [0, 0.05) is 6.42 Å². The minimum Gasteiger partial charge on any atom is -0.461 e. The summed E-state index contributed by atoms with van der Waals surface area (Å²) in [4.78, 5) is 12.2. The van der Waals surface area contributed by atoms with E-state index in [1.165, 1.54) is 57.8 Å². The van der Waals surface area contributed by atoms with Crippen LogP contribution >= 0.6 is 45.2 Å². The topological polar surface area (TPSA) is 26.3 Å². The zero-order chi connectivity index (χ0) is 24.0. The van der Waals surface area contributed by atoms with E-state index in [9.17, 15) is 4.79 Å². The average molecular weight is 680 g/mol. The average Bonchev–Trinajstić information content (AvgIpc) is 3.11. The van der Waals surface area contributed by atoms with Crippen molar-refractivity contribution in [1.29, 1.82) is 0 Å². The van der Waals surface area contributed by atoms with Gasteiger partial charge in [-0.2, -0.15) is 0 Å². The molecule has 0 radical (unpaired) electrons. The molecule has 0 bridgehead atoms. The standard InChI is InChI=1S/C29H46I2O2/c1-18(2)7-6-8-19(3)23-11-12-24-22-10-9-20-17-21(33-27(32)26(30)31)13-15-28(20,4)25(22)14-16-29(23,24)5/h9,18-19,21-26H,6-8,10-17H2,1-5H3/t19-,21+,22-,23+,24-,25-,28-,29+/m0/s1. The Balaban J connectivity index is 1.45. The highest BCUT2D eigenvalue weighted by atomic mass is 127. The van der Waals surface area contributed by atoms with E-state index < -0.39 is 0 Å². The summed E-state index contributed by atoms with van der Waals surface area (Å²) in [6, 6.07) is 0. The maximum absolute atomic E-state index is 12.2. The molecule has 4 heteroatoms. The minimum absolute atomic E-state index is 0.0490. The third kappa shape index (κ3) is 5.23. The van der Waals surface area contributed by atoms with Crippen LogP contribution in [-0.2, 0) is 9.53 Å². The molecule has 0 spiro atoms. The van der Waals surface area contributed by atoms with Crippen molar-refractivity contribution in [2.75, 3.05) is 0 Å². The summed E-state index contributed by atoms with van der Waals surface area (Å²) in [5.41, 5.74) is 2.51. The SMILES string of the molecule is CC(C)CCC[C@H](C)[C@H]1CC[C@H]2[C@@H]3CC=C4C[C@H](OC(=O)C(I)I)CC[C@]4(C)[C@H]3CC[C@]12C. The second-order valence-corrected chi connectivity index (χ2v) is 17.8. The largest absolute Gasteiger partial charge is 0.461 e. The van der Waals surface area contributed by atoms with Gasteiger partial charge in [-0.05, 0) is 91.3 Å². The van der Waals surface area contributed by atoms with Gasteiger partial charge in [-0.1, -0.05) is 111 Å².